The van der Waals surface area contributed by atoms with Crippen LogP contribution in [-0.4, -0.2) is 18.1 Å². The summed E-state index contributed by atoms with van der Waals surface area (Å²) in [5, 5.41) is 0.172. The molecule has 0 radical (unpaired) electrons. The summed E-state index contributed by atoms with van der Waals surface area (Å²) >= 11 is 5.88. The summed E-state index contributed by atoms with van der Waals surface area (Å²) in [4.78, 5) is 15.5. The van der Waals surface area contributed by atoms with Gasteiger partial charge in [-0.3, -0.25) is 0 Å². The second kappa shape index (κ2) is 3.70. The van der Waals surface area contributed by atoms with Gasteiger partial charge in [0, 0.05) is 11.6 Å². The Hall–Kier alpha value is -1.29. The summed E-state index contributed by atoms with van der Waals surface area (Å²) in [6, 6.07) is 1.73. The third kappa shape index (κ3) is 1.90. The number of nitrogen functional groups attached to an aromatic ring is 1. The summed E-state index contributed by atoms with van der Waals surface area (Å²) in [7, 11) is 1.29. The molecule has 1 aliphatic carbocycles. The quantitative estimate of drug-likeness (QED) is 0.784. The molecule has 2 N–H and O–H groups in total. The fourth-order valence-electron chi connectivity index (χ4n) is 1.39. The molecule has 0 aliphatic heterocycles. The number of esters is 1. The van der Waals surface area contributed by atoms with E-state index in [9.17, 15) is 4.79 Å². The Balaban J connectivity index is 2.46. The van der Waals surface area contributed by atoms with Crippen LogP contribution in [0.15, 0.2) is 6.07 Å². The highest BCUT2D eigenvalue weighted by Gasteiger charge is 2.27. The van der Waals surface area contributed by atoms with Crippen LogP contribution < -0.4 is 5.73 Å². The average molecular weight is 227 g/mol. The van der Waals surface area contributed by atoms with Crippen LogP contribution in [0.2, 0.25) is 5.02 Å². The molecule has 0 amide bonds. The van der Waals surface area contributed by atoms with Crippen molar-refractivity contribution < 1.29 is 9.53 Å². The molecule has 0 saturated heterocycles. The molecule has 5 heteroatoms. The molecule has 80 valence electrons. The molecule has 1 saturated carbocycles. The van der Waals surface area contributed by atoms with Crippen LogP contribution in [0, 0.1) is 0 Å². The van der Waals surface area contributed by atoms with Crippen LogP contribution in [0.5, 0.6) is 0 Å². The molecule has 2 rings (SSSR count). The summed E-state index contributed by atoms with van der Waals surface area (Å²) in [5.74, 6) is -0.123. The van der Waals surface area contributed by atoms with Gasteiger partial charge in [0.25, 0.3) is 0 Å². The maximum Gasteiger partial charge on any atom is 0.358 e. The number of pyridine rings is 1. The van der Waals surface area contributed by atoms with Crippen LogP contribution in [0.3, 0.4) is 0 Å². The van der Waals surface area contributed by atoms with Gasteiger partial charge < -0.3 is 10.5 Å². The van der Waals surface area contributed by atoms with E-state index in [4.69, 9.17) is 17.3 Å². The molecular formula is C10H11ClN2O2. The molecule has 0 unspecified atom stereocenters. The molecule has 1 heterocycles. The number of methoxy groups -OCH3 is 1. The minimum Gasteiger partial charge on any atom is -0.464 e. The van der Waals surface area contributed by atoms with Crippen LogP contribution in [0.25, 0.3) is 0 Å². The van der Waals surface area contributed by atoms with Gasteiger partial charge in [-0.05, 0) is 18.9 Å². The minimum atomic E-state index is -0.547. The second-order valence-corrected chi connectivity index (χ2v) is 3.94. The molecule has 4 nitrogen and oxygen atoms in total. The van der Waals surface area contributed by atoms with Crippen LogP contribution in [0.4, 0.5) is 5.69 Å². The molecule has 15 heavy (non-hydrogen) atoms. The first kappa shape index (κ1) is 10.2. The first-order valence-corrected chi connectivity index (χ1v) is 5.05. The molecule has 0 spiro atoms. The predicted molar refractivity (Wildman–Crippen MR) is 57.0 cm³/mol. The molecule has 0 bridgehead atoms. The minimum absolute atomic E-state index is 0.112. The molecular weight excluding hydrogens is 216 g/mol. The number of carbonyl (C=O) groups excluding carboxylic acids is 1. The van der Waals surface area contributed by atoms with Crippen LogP contribution in [-0.2, 0) is 4.74 Å². The number of halogens is 1. The number of ether oxygens (including phenoxy) is 1. The van der Waals surface area contributed by atoms with Crippen molar-refractivity contribution in [2.24, 2.45) is 0 Å². The van der Waals surface area contributed by atoms with Gasteiger partial charge in [0.05, 0.1) is 17.8 Å². The Morgan fingerprint density at radius 3 is 2.87 bits per heavy atom. The fourth-order valence-corrected chi connectivity index (χ4v) is 1.56. The van der Waals surface area contributed by atoms with E-state index in [1.54, 1.807) is 6.07 Å². The van der Waals surface area contributed by atoms with Crippen molar-refractivity contribution in [2.75, 3.05) is 12.8 Å². The Morgan fingerprint density at radius 2 is 2.33 bits per heavy atom. The van der Waals surface area contributed by atoms with Gasteiger partial charge in [0.1, 0.15) is 0 Å². The Labute approximate surface area is 92.4 Å². The van der Waals surface area contributed by atoms with Gasteiger partial charge in [0.2, 0.25) is 0 Å². The zero-order valence-corrected chi connectivity index (χ0v) is 9.04. The third-order valence-electron chi connectivity index (χ3n) is 2.38. The van der Waals surface area contributed by atoms with Crippen molar-refractivity contribution in [1.82, 2.24) is 4.98 Å². The number of nitrogens with two attached hydrogens (primary N) is 1. The van der Waals surface area contributed by atoms with E-state index in [1.165, 1.54) is 7.11 Å². The van der Waals surface area contributed by atoms with E-state index in [2.05, 4.69) is 9.72 Å². The van der Waals surface area contributed by atoms with E-state index in [-0.39, 0.29) is 10.7 Å². The lowest BCUT2D eigenvalue weighted by atomic mass is 10.2. The predicted octanol–water partition coefficient (Wildman–Crippen LogP) is 1.98. The van der Waals surface area contributed by atoms with Crippen molar-refractivity contribution in [1.29, 1.82) is 0 Å². The Kier molecular flexibility index (Phi) is 2.52. The highest BCUT2D eigenvalue weighted by Crippen LogP contribution is 2.40. The smallest absolute Gasteiger partial charge is 0.358 e. The zero-order chi connectivity index (χ0) is 11.0. The van der Waals surface area contributed by atoms with E-state index < -0.39 is 5.97 Å². The van der Waals surface area contributed by atoms with Crippen molar-refractivity contribution in [3.63, 3.8) is 0 Å². The summed E-state index contributed by atoms with van der Waals surface area (Å²) < 4.78 is 4.59. The van der Waals surface area contributed by atoms with Crippen molar-refractivity contribution in [3.05, 3.63) is 22.5 Å². The number of hydrogen-bond acceptors (Lipinski definition) is 4. The van der Waals surface area contributed by atoms with Gasteiger partial charge in [0.15, 0.2) is 5.69 Å². The standard InChI is InChI=1S/C10H11ClN2O2/c1-15-10(14)9-8(11)6(12)4-7(13-9)5-2-3-5/h4-5H,2-3H2,1H3,(H2,12,13). The highest BCUT2D eigenvalue weighted by molar-refractivity contribution is 6.35. The van der Waals surface area contributed by atoms with Gasteiger partial charge in [-0.15, -0.1) is 0 Å². The topological polar surface area (TPSA) is 65.2 Å². The zero-order valence-electron chi connectivity index (χ0n) is 8.29. The largest absolute Gasteiger partial charge is 0.464 e. The summed E-state index contributed by atoms with van der Waals surface area (Å²) in [6.45, 7) is 0. The second-order valence-electron chi connectivity index (χ2n) is 3.56. The summed E-state index contributed by atoms with van der Waals surface area (Å²) in [5.41, 5.74) is 7.03. The molecule has 0 atom stereocenters. The van der Waals surface area contributed by atoms with Crippen molar-refractivity contribution >= 4 is 23.3 Å². The highest BCUT2D eigenvalue weighted by atomic mass is 35.5. The number of rotatable bonds is 2. The van der Waals surface area contributed by atoms with E-state index in [0.717, 1.165) is 18.5 Å². The normalized spacial score (nSPS) is 15.1. The van der Waals surface area contributed by atoms with E-state index >= 15 is 0 Å². The number of aromatic nitrogens is 1. The van der Waals surface area contributed by atoms with Crippen LogP contribution in [0.1, 0.15) is 34.9 Å². The SMILES string of the molecule is COC(=O)c1nc(C2CC2)cc(N)c1Cl. The van der Waals surface area contributed by atoms with E-state index in [1.807, 2.05) is 0 Å². The van der Waals surface area contributed by atoms with Crippen molar-refractivity contribution in [3.8, 4) is 0 Å². The number of hydrogen-bond donors (Lipinski definition) is 1. The van der Waals surface area contributed by atoms with Gasteiger partial charge in [-0.1, -0.05) is 11.6 Å². The molecule has 0 aromatic carbocycles. The molecule has 1 fully saturated rings. The lowest BCUT2D eigenvalue weighted by molar-refractivity contribution is 0.0594. The fraction of sp³-hybridized carbons (Fsp3) is 0.400. The lowest BCUT2D eigenvalue weighted by Gasteiger charge is -2.07. The monoisotopic (exact) mass is 226 g/mol. The Bertz CT molecular complexity index is 416. The lowest BCUT2D eigenvalue weighted by Crippen LogP contribution is -2.08. The van der Waals surface area contributed by atoms with E-state index in [0.29, 0.717) is 11.6 Å². The first-order valence-electron chi connectivity index (χ1n) is 4.67. The number of anilines is 1. The number of nitrogens with zero attached hydrogens (tertiary/aromatic N) is 1. The number of carbonyl (C=O) groups is 1. The first-order chi connectivity index (χ1) is 7.13. The molecule has 1 aromatic heterocycles. The maximum atomic E-state index is 11.4. The Morgan fingerprint density at radius 1 is 1.67 bits per heavy atom. The maximum absolute atomic E-state index is 11.4. The molecule has 1 aliphatic rings. The van der Waals surface area contributed by atoms with Crippen molar-refractivity contribution in [2.45, 2.75) is 18.8 Å². The average Bonchev–Trinajstić information content (AvgIpc) is 3.04. The molecule has 1 aromatic rings. The van der Waals surface area contributed by atoms with Gasteiger partial charge in [-0.25, -0.2) is 9.78 Å². The van der Waals surface area contributed by atoms with Crippen LogP contribution >= 0.6 is 11.6 Å². The summed E-state index contributed by atoms with van der Waals surface area (Å²) in [6.07, 6.45) is 2.18. The van der Waals surface area contributed by atoms with Gasteiger partial charge in [-0.2, -0.15) is 0 Å². The van der Waals surface area contributed by atoms with Gasteiger partial charge >= 0.3 is 5.97 Å². The third-order valence-corrected chi connectivity index (χ3v) is 2.78.